The molecule has 0 saturated heterocycles. The van der Waals surface area contributed by atoms with Gasteiger partial charge < -0.3 is 10.1 Å². The average Bonchev–Trinajstić information content (AvgIpc) is 2.49. The zero-order valence-corrected chi connectivity index (χ0v) is 13.4. The van der Waals surface area contributed by atoms with E-state index in [4.69, 9.17) is 16.3 Å². The summed E-state index contributed by atoms with van der Waals surface area (Å²) in [6.07, 6.45) is 1.15. The number of aryl methyl sites for hydroxylation is 1. The third-order valence-electron chi connectivity index (χ3n) is 3.28. The number of hydrogen-bond acceptors (Lipinski definition) is 2. The Balaban J connectivity index is 1.93. The Morgan fingerprint density at radius 3 is 2.67 bits per heavy atom. The van der Waals surface area contributed by atoms with Crippen LogP contribution in [0.15, 0.2) is 42.5 Å². The van der Waals surface area contributed by atoms with Crippen LogP contribution in [0.25, 0.3) is 0 Å². The van der Waals surface area contributed by atoms with Crippen molar-refractivity contribution >= 4 is 11.6 Å². The second-order valence-corrected chi connectivity index (χ2v) is 5.60. The summed E-state index contributed by atoms with van der Waals surface area (Å²) in [6.45, 7) is 6.68. The van der Waals surface area contributed by atoms with E-state index in [1.165, 1.54) is 11.1 Å². The molecule has 0 aliphatic rings. The lowest BCUT2D eigenvalue weighted by molar-refractivity contribution is 0.306. The summed E-state index contributed by atoms with van der Waals surface area (Å²) in [6, 6.07) is 14.2. The van der Waals surface area contributed by atoms with Gasteiger partial charge in [0.15, 0.2) is 0 Å². The van der Waals surface area contributed by atoms with Crippen LogP contribution in [0.4, 0.5) is 0 Å². The quantitative estimate of drug-likeness (QED) is 0.747. The molecule has 0 aliphatic carbocycles. The minimum Gasteiger partial charge on any atom is -0.489 e. The van der Waals surface area contributed by atoms with Gasteiger partial charge in [0.05, 0.1) is 0 Å². The first kappa shape index (κ1) is 15.9. The molecule has 112 valence electrons. The van der Waals surface area contributed by atoms with E-state index in [2.05, 4.69) is 36.5 Å². The Morgan fingerprint density at radius 1 is 1.10 bits per heavy atom. The number of hydrogen-bond donors (Lipinski definition) is 1. The maximum absolute atomic E-state index is 6.02. The number of halogens is 1. The van der Waals surface area contributed by atoms with Crippen LogP contribution >= 0.6 is 11.6 Å². The lowest BCUT2D eigenvalue weighted by Gasteiger charge is -2.09. The van der Waals surface area contributed by atoms with Gasteiger partial charge in [0.1, 0.15) is 12.4 Å². The van der Waals surface area contributed by atoms with Crippen LogP contribution in [-0.4, -0.2) is 6.54 Å². The lowest BCUT2D eigenvalue weighted by Crippen LogP contribution is -2.13. The Labute approximate surface area is 132 Å². The van der Waals surface area contributed by atoms with E-state index in [0.29, 0.717) is 6.61 Å². The molecular weight excluding hydrogens is 282 g/mol. The van der Waals surface area contributed by atoms with E-state index in [9.17, 15) is 0 Å². The highest BCUT2D eigenvalue weighted by Gasteiger charge is 2.01. The van der Waals surface area contributed by atoms with Crippen LogP contribution in [0.2, 0.25) is 5.02 Å². The molecule has 2 aromatic carbocycles. The van der Waals surface area contributed by atoms with Crippen LogP contribution in [0.1, 0.15) is 30.0 Å². The molecule has 2 rings (SSSR count). The van der Waals surface area contributed by atoms with E-state index in [1.807, 2.05) is 25.1 Å². The molecule has 0 amide bonds. The summed E-state index contributed by atoms with van der Waals surface area (Å²) in [5.74, 6) is 0.853. The van der Waals surface area contributed by atoms with Crippen LogP contribution in [0, 0.1) is 6.92 Å². The first-order valence-corrected chi connectivity index (χ1v) is 7.74. The van der Waals surface area contributed by atoms with Gasteiger partial charge in [0.25, 0.3) is 0 Å². The fourth-order valence-corrected chi connectivity index (χ4v) is 2.23. The molecular formula is C18H22ClNO. The van der Waals surface area contributed by atoms with Gasteiger partial charge in [-0.25, -0.2) is 0 Å². The molecule has 0 atom stereocenters. The van der Waals surface area contributed by atoms with Gasteiger partial charge in [-0.15, -0.1) is 0 Å². The first-order valence-electron chi connectivity index (χ1n) is 7.36. The summed E-state index contributed by atoms with van der Waals surface area (Å²) in [5.41, 5.74) is 3.50. The number of nitrogens with one attached hydrogen (secondary N) is 1. The van der Waals surface area contributed by atoms with Crippen LogP contribution < -0.4 is 10.1 Å². The molecule has 0 bridgehead atoms. The van der Waals surface area contributed by atoms with Gasteiger partial charge in [0.2, 0.25) is 0 Å². The molecule has 1 N–H and O–H groups in total. The van der Waals surface area contributed by atoms with Crippen molar-refractivity contribution in [3.63, 3.8) is 0 Å². The lowest BCUT2D eigenvalue weighted by atomic mass is 10.1. The molecule has 0 aliphatic heterocycles. The molecule has 21 heavy (non-hydrogen) atoms. The minimum atomic E-state index is 0.572. The maximum Gasteiger partial charge on any atom is 0.120 e. The molecule has 2 nitrogen and oxygen atoms in total. The van der Waals surface area contributed by atoms with Crippen molar-refractivity contribution in [2.24, 2.45) is 0 Å². The highest BCUT2D eigenvalue weighted by Crippen LogP contribution is 2.21. The van der Waals surface area contributed by atoms with Crippen molar-refractivity contribution in [1.29, 1.82) is 0 Å². The molecule has 0 radical (unpaired) electrons. The number of rotatable bonds is 7. The smallest absolute Gasteiger partial charge is 0.120 e. The highest BCUT2D eigenvalue weighted by molar-refractivity contribution is 6.31. The van der Waals surface area contributed by atoms with Crippen molar-refractivity contribution in [1.82, 2.24) is 5.32 Å². The van der Waals surface area contributed by atoms with Crippen molar-refractivity contribution < 1.29 is 4.74 Å². The third-order valence-corrected chi connectivity index (χ3v) is 3.71. The summed E-state index contributed by atoms with van der Waals surface area (Å²) in [5, 5.41) is 4.18. The molecule has 0 saturated carbocycles. The van der Waals surface area contributed by atoms with E-state index < -0.39 is 0 Å². The van der Waals surface area contributed by atoms with Gasteiger partial charge in [-0.1, -0.05) is 42.8 Å². The normalized spacial score (nSPS) is 10.6. The predicted octanol–water partition coefficient (Wildman–Crippen LogP) is 4.73. The topological polar surface area (TPSA) is 21.3 Å². The standard InChI is InChI=1S/C18H22ClNO/c1-3-9-20-12-15-5-4-6-16(11-15)13-21-17-7-8-18(19)14(2)10-17/h4-8,10-11,20H,3,9,12-13H2,1-2H3. The van der Waals surface area contributed by atoms with Gasteiger partial charge in [0, 0.05) is 11.6 Å². The predicted molar refractivity (Wildman–Crippen MR) is 89.0 cm³/mol. The van der Waals surface area contributed by atoms with Gasteiger partial charge >= 0.3 is 0 Å². The number of ether oxygens (including phenoxy) is 1. The molecule has 0 fully saturated rings. The SMILES string of the molecule is CCCNCc1cccc(COc2ccc(Cl)c(C)c2)c1. The summed E-state index contributed by atoms with van der Waals surface area (Å²) < 4.78 is 5.83. The van der Waals surface area contributed by atoms with Crippen molar-refractivity contribution in [3.05, 3.63) is 64.2 Å². The largest absolute Gasteiger partial charge is 0.489 e. The summed E-state index contributed by atoms with van der Waals surface area (Å²) in [4.78, 5) is 0. The van der Waals surface area contributed by atoms with Crippen LogP contribution in [0.3, 0.4) is 0 Å². The molecule has 3 heteroatoms. The summed E-state index contributed by atoms with van der Waals surface area (Å²) in [7, 11) is 0. The van der Waals surface area contributed by atoms with Gasteiger partial charge in [-0.3, -0.25) is 0 Å². The second-order valence-electron chi connectivity index (χ2n) is 5.20. The summed E-state index contributed by atoms with van der Waals surface area (Å²) >= 11 is 6.02. The number of benzene rings is 2. The highest BCUT2D eigenvalue weighted by atomic mass is 35.5. The fraction of sp³-hybridized carbons (Fsp3) is 0.333. The van der Waals surface area contributed by atoms with Gasteiger partial charge in [-0.2, -0.15) is 0 Å². The Hall–Kier alpha value is -1.51. The van der Waals surface area contributed by atoms with E-state index in [0.717, 1.165) is 35.8 Å². The van der Waals surface area contributed by atoms with E-state index in [-0.39, 0.29) is 0 Å². The molecule has 0 aromatic heterocycles. The molecule has 0 unspecified atom stereocenters. The monoisotopic (exact) mass is 303 g/mol. The Bertz CT molecular complexity index is 583. The third kappa shape index (κ3) is 5.07. The first-order chi connectivity index (χ1) is 10.2. The van der Waals surface area contributed by atoms with Crippen LogP contribution in [-0.2, 0) is 13.2 Å². The zero-order valence-electron chi connectivity index (χ0n) is 12.7. The van der Waals surface area contributed by atoms with Gasteiger partial charge in [-0.05, 0) is 54.8 Å². The second kappa shape index (κ2) is 8.06. The van der Waals surface area contributed by atoms with Crippen molar-refractivity contribution in [2.45, 2.75) is 33.4 Å². The van der Waals surface area contributed by atoms with E-state index >= 15 is 0 Å². The average molecular weight is 304 g/mol. The van der Waals surface area contributed by atoms with Crippen LogP contribution in [0.5, 0.6) is 5.75 Å². The Morgan fingerprint density at radius 2 is 1.90 bits per heavy atom. The maximum atomic E-state index is 6.02. The van der Waals surface area contributed by atoms with E-state index in [1.54, 1.807) is 0 Å². The fourth-order valence-electron chi connectivity index (χ4n) is 2.11. The molecule has 2 aromatic rings. The van der Waals surface area contributed by atoms with Crippen molar-refractivity contribution in [2.75, 3.05) is 6.54 Å². The molecule has 0 spiro atoms. The minimum absolute atomic E-state index is 0.572. The Kier molecular flexibility index (Phi) is 6.09. The molecule has 0 heterocycles. The zero-order chi connectivity index (χ0) is 15.1. The van der Waals surface area contributed by atoms with Crippen molar-refractivity contribution in [3.8, 4) is 5.75 Å².